The van der Waals surface area contributed by atoms with Crippen LogP contribution in [0.15, 0.2) is 36.4 Å². The van der Waals surface area contributed by atoms with Crippen LogP contribution in [0.3, 0.4) is 0 Å². The highest BCUT2D eigenvalue weighted by atomic mass is 19.1. The number of benzene rings is 2. The molecule has 0 spiro atoms. The lowest BCUT2D eigenvalue weighted by Crippen LogP contribution is -2.30. The predicted molar refractivity (Wildman–Crippen MR) is 98.2 cm³/mol. The third kappa shape index (κ3) is 5.50. The molecule has 0 fully saturated rings. The molecule has 1 N–H and O–H groups in total. The van der Waals surface area contributed by atoms with Crippen molar-refractivity contribution in [2.24, 2.45) is 0 Å². The number of hydrogen-bond acceptors (Lipinski definition) is 5. The van der Waals surface area contributed by atoms with Crippen molar-refractivity contribution < 1.29 is 32.6 Å². The van der Waals surface area contributed by atoms with Crippen LogP contribution >= 0.6 is 0 Å². The smallest absolute Gasteiger partial charge is 0.338 e. The second-order valence-corrected chi connectivity index (χ2v) is 5.82. The lowest BCUT2D eigenvalue weighted by Gasteiger charge is -2.15. The van der Waals surface area contributed by atoms with E-state index in [-0.39, 0.29) is 17.9 Å². The largest absolute Gasteiger partial charge is 0.496 e. The normalized spacial score (nSPS) is 11.6. The highest BCUT2D eigenvalue weighted by molar-refractivity contribution is 5.97. The van der Waals surface area contributed by atoms with E-state index in [4.69, 9.17) is 14.2 Å². The average molecular weight is 393 g/mol. The Labute approximate surface area is 161 Å². The minimum Gasteiger partial charge on any atom is -0.496 e. The number of amides is 1. The number of anilines is 1. The molecule has 2 rings (SSSR count). The molecule has 2 aromatic carbocycles. The maximum absolute atomic E-state index is 13.6. The fourth-order valence-corrected chi connectivity index (χ4v) is 2.34. The third-order valence-electron chi connectivity index (χ3n) is 3.82. The number of ether oxygens (including phenoxy) is 3. The summed E-state index contributed by atoms with van der Waals surface area (Å²) in [6.45, 7) is 3.91. The summed E-state index contributed by atoms with van der Waals surface area (Å²) in [6, 6.07) is 7.29. The van der Waals surface area contributed by atoms with E-state index in [1.54, 1.807) is 12.1 Å². The van der Waals surface area contributed by atoms with Gasteiger partial charge in [0, 0.05) is 18.2 Å². The van der Waals surface area contributed by atoms with E-state index in [9.17, 15) is 18.4 Å². The van der Waals surface area contributed by atoms with E-state index < -0.39 is 29.6 Å². The molecule has 150 valence electrons. The topological polar surface area (TPSA) is 73.9 Å². The van der Waals surface area contributed by atoms with Crippen molar-refractivity contribution in [2.75, 3.05) is 19.0 Å². The molecule has 0 radical (unpaired) electrons. The zero-order valence-electron chi connectivity index (χ0n) is 15.8. The van der Waals surface area contributed by atoms with Gasteiger partial charge in [0.1, 0.15) is 17.4 Å². The van der Waals surface area contributed by atoms with Gasteiger partial charge in [-0.1, -0.05) is 0 Å². The Morgan fingerprint density at radius 2 is 1.89 bits per heavy atom. The lowest BCUT2D eigenvalue weighted by molar-refractivity contribution is -0.123. The highest BCUT2D eigenvalue weighted by Crippen LogP contribution is 2.22. The number of nitrogens with one attached hydrogen (secondary N) is 1. The molecule has 0 aliphatic heterocycles. The molecule has 0 aliphatic carbocycles. The van der Waals surface area contributed by atoms with Crippen LogP contribution in [0.4, 0.5) is 14.5 Å². The molecule has 0 aromatic heterocycles. The van der Waals surface area contributed by atoms with Gasteiger partial charge in [-0.15, -0.1) is 0 Å². The maximum Gasteiger partial charge on any atom is 0.338 e. The molecule has 0 bridgehead atoms. The molecule has 6 nitrogen and oxygen atoms in total. The van der Waals surface area contributed by atoms with Gasteiger partial charge in [-0.25, -0.2) is 13.6 Å². The number of halogens is 2. The fraction of sp³-hybridized carbons (Fsp3) is 0.300. The van der Waals surface area contributed by atoms with Crippen molar-refractivity contribution in [3.63, 3.8) is 0 Å². The molecular weight excluding hydrogens is 372 g/mol. The van der Waals surface area contributed by atoms with Crippen LogP contribution in [0, 0.1) is 11.6 Å². The molecule has 0 unspecified atom stereocenters. The Kier molecular flexibility index (Phi) is 7.45. The first-order chi connectivity index (χ1) is 13.3. The number of methoxy groups -OCH3 is 1. The van der Waals surface area contributed by atoms with Gasteiger partial charge in [-0.2, -0.15) is 0 Å². The summed E-state index contributed by atoms with van der Waals surface area (Å²) in [5, 5.41) is 2.19. The number of carbonyl (C=O) groups excluding carboxylic acids is 2. The van der Waals surface area contributed by atoms with E-state index in [0.717, 1.165) is 18.2 Å². The Morgan fingerprint density at radius 3 is 2.57 bits per heavy atom. The minimum atomic E-state index is -1.23. The van der Waals surface area contributed by atoms with Gasteiger partial charge in [0.2, 0.25) is 0 Å². The van der Waals surface area contributed by atoms with Crippen molar-refractivity contribution in [2.45, 2.75) is 26.6 Å². The van der Waals surface area contributed by atoms with Gasteiger partial charge in [-0.05, 0) is 44.2 Å². The van der Waals surface area contributed by atoms with Crippen molar-refractivity contribution in [3.05, 3.63) is 59.2 Å². The van der Waals surface area contributed by atoms with Crippen LogP contribution in [-0.4, -0.2) is 31.7 Å². The molecule has 0 saturated heterocycles. The molecule has 0 heterocycles. The van der Waals surface area contributed by atoms with Crippen LogP contribution in [0.1, 0.15) is 29.8 Å². The second kappa shape index (κ2) is 9.80. The van der Waals surface area contributed by atoms with E-state index in [1.807, 2.05) is 6.92 Å². The summed E-state index contributed by atoms with van der Waals surface area (Å²) in [5.74, 6) is -2.49. The van der Waals surface area contributed by atoms with Crippen LogP contribution < -0.4 is 10.1 Å². The van der Waals surface area contributed by atoms with Gasteiger partial charge in [0.25, 0.3) is 5.91 Å². The van der Waals surface area contributed by atoms with Gasteiger partial charge in [0.05, 0.1) is 25.0 Å². The summed E-state index contributed by atoms with van der Waals surface area (Å²) >= 11 is 0. The number of esters is 1. The monoisotopic (exact) mass is 393 g/mol. The van der Waals surface area contributed by atoms with Gasteiger partial charge in [-0.3, -0.25) is 4.79 Å². The van der Waals surface area contributed by atoms with Crippen molar-refractivity contribution in [1.29, 1.82) is 0 Å². The number of hydrogen-bond donors (Lipinski definition) is 1. The summed E-state index contributed by atoms with van der Waals surface area (Å²) in [6.07, 6.45) is -1.23. The fourth-order valence-electron chi connectivity index (χ4n) is 2.34. The number of rotatable bonds is 8. The van der Waals surface area contributed by atoms with E-state index >= 15 is 0 Å². The van der Waals surface area contributed by atoms with Crippen LogP contribution in [-0.2, 0) is 20.9 Å². The summed E-state index contributed by atoms with van der Waals surface area (Å²) < 4.78 is 42.5. The first-order valence-corrected chi connectivity index (χ1v) is 8.57. The van der Waals surface area contributed by atoms with Crippen LogP contribution in [0.2, 0.25) is 0 Å². The average Bonchev–Trinajstić information content (AvgIpc) is 2.68. The van der Waals surface area contributed by atoms with Crippen LogP contribution in [0.5, 0.6) is 5.75 Å². The summed E-state index contributed by atoms with van der Waals surface area (Å²) in [4.78, 5) is 24.5. The predicted octanol–water partition coefficient (Wildman–Crippen LogP) is 3.69. The molecule has 0 aliphatic rings. The van der Waals surface area contributed by atoms with Gasteiger partial charge in [0.15, 0.2) is 6.10 Å². The van der Waals surface area contributed by atoms with Crippen molar-refractivity contribution in [3.8, 4) is 5.75 Å². The van der Waals surface area contributed by atoms with Crippen LogP contribution in [0.25, 0.3) is 0 Å². The zero-order chi connectivity index (χ0) is 20.7. The molecule has 1 amide bonds. The van der Waals surface area contributed by atoms with Crippen molar-refractivity contribution >= 4 is 17.6 Å². The quantitative estimate of drug-likeness (QED) is 0.693. The molecule has 28 heavy (non-hydrogen) atoms. The van der Waals surface area contributed by atoms with E-state index in [0.29, 0.717) is 17.9 Å². The Morgan fingerprint density at radius 1 is 1.14 bits per heavy atom. The third-order valence-corrected chi connectivity index (χ3v) is 3.82. The zero-order valence-corrected chi connectivity index (χ0v) is 15.8. The Bertz CT molecular complexity index is 856. The summed E-state index contributed by atoms with van der Waals surface area (Å²) in [7, 11) is 1.50. The lowest BCUT2D eigenvalue weighted by atomic mass is 10.1. The SMILES string of the molecule is CCOCc1cc(C(=O)O[C@@H](C)C(=O)Nc2cc(F)ccc2F)ccc1OC. The number of carbonyl (C=O) groups is 2. The molecular formula is C20H21F2NO5. The minimum absolute atomic E-state index is 0.201. The highest BCUT2D eigenvalue weighted by Gasteiger charge is 2.21. The summed E-state index contributed by atoms with van der Waals surface area (Å²) in [5.41, 5.74) is 0.515. The second-order valence-electron chi connectivity index (χ2n) is 5.82. The Balaban J connectivity index is 2.06. The Hall–Kier alpha value is -3.00. The molecule has 0 saturated carbocycles. The molecule has 8 heteroatoms. The van der Waals surface area contributed by atoms with Gasteiger partial charge >= 0.3 is 5.97 Å². The van der Waals surface area contributed by atoms with E-state index in [2.05, 4.69) is 5.32 Å². The maximum atomic E-state index is 13.6. The first-order valence-electron chi connectivity index (χ1n) is 8.57. The van der Waals surface area contributed by atoms with Crippen molar-refractivity contribution in [1.82, 2.24) is 0 Å². The molecule has 1 atom stereocenters. The first kappa shape index (κ1) is 21.3. The standard InChI is InChI=1S/C20H21F2NO5/c1-4-27-11-14-9-13(5-8-18(14)26-3)20(25)28-12(2)19(24)23-17-10-15(21)6-7-16(17)22/h5-10,12H,4,11H2,1-3H3,(H,23,24)/t12-/m0/s1. The van der Waals surface area contributed by atoms with Gasteiger partial charge < -0.3 is 19.5 Å². The molecule has 2 aromatic rings. The van der Waals surface area contributed by atoms with E-state index in [1.165, 1.54) is 20.1 Å².